The predicted octanol–water partition coefficient (Wildman–Crippen LogP) is 4.08. The normalized spacial score (nSPS) is 16.1. The van der Waals surface area contributed by atoms with Crippen molar-refractivity contribution in [2.75, 3.05) is 5.75 Å². The van der Waals surface area contributed by atoms with Crippen molar-refractivity contribution in [2.24, 2.45) is 5.10 Å². The Morgan fingerprint density at radius 3 is 2.87 bits per heavy atom. The fourth-order valence-corrected chi connectivity index (χ4v) is 4.48. The molecule has 1 unspecified atom stereocenters. The van der Waals surface area contributed by atoms with E-state index >= 15 is 0 Å². The highest BCUT2D eigenvalue weighted by atomic mass is 32.2. The lowest BCUT2D eigenvalue weighted by molar-refractivity contribution is -0.130. The van der Waals surface area contributed by atoms with E-state index in [1.165, 1.54) is 16.8 Å². The maximum Gasteiger partial charge on any atom is 0.277 e. The molecule has 1 amide bonds. The second kappa shape index (κ2) is 8.52. The minimum absolute atomic E-state index is 0.101. The van der Waals surface area contributed by atoms with Crippen molar-refractivity contribution in [3.63, 3.8) is 0 Å². The van der Waals surface area contributed by atoms with E-state index in [1.54, 1.807) is 36.0 Å². The zero-order chi connectivity index (χ0) is 21.2. The number of rotatable bonds is 7. The first-order valence-electron chi connectivity index (χ1n) is 9.48. The standard InChI is InChI=1S/C20H17N5O4S2/c1-12-21-13(10-30-12)8-18-22-23-20(29-18)31-11-19(26)25-15(17-5-3-7-28-17)9-14(24-25)16-4-2-6-27-16/h2-7,10,15H,8-9,11H2,1H3. The Morgan fingerprint density at radius 2 is 2.13 bits per heavy atom. The molecule has 11 heteroatoms. The summed E-state index contributed by atoms with van der Waals surface area (Å²) in [5.41, 5.74) is 1.58. The number of hydrogen-bond acceptors (Lipinski definition) is 10. The molecule has 1 atom stereocenters. The molecule has 0 N–H and O–H groups in total. The van der Waals surface area contributed by atoms with Gasteiger partial charge in [-0.05, 0) is 31.2 Å². The van der Waals surface area contributed by atoms with Gasteiger partial charge in [0.1, 0.15) is 23.3 Å². The molecule has 1 aliphatic heterocycles. The third-order valence-corrected chi connectivity index (χ3v) is 6.23. The van der Waals surface area contributed by atoms with Gasteiger partial charge < -0.3 is 13.3 Å². The Morgan fingerprint density at radius 1 is 1.26 bits per heavy atom. The third-order valence-electron chi connectivity index (χ3n) is 4.61. The van der Waals surface area contributed by atoms with Crippen LogP contribution in [0.4, 0.5) is 0 Å². The lowest BCUT2D eigenvalue weighted by atomic mass is 10.1. The van der Waals surface area contributed by atoms with Crippen molar-refractivity contribution in [1.82, 2.24) is 20.2 Å². The van der Waals surface area contributed by atoms with Crippen LogP contribution in [-0.4, -0.2) is 37.6 Å². The maximum atomic E-state index is 13.0. The number of aromatic nitrogens is 3. The Balaban J connectivity index is 1.26. The van der Waals surface area contributed by atoms with E-state index in [1.807, 2.05) is 24.4 Å². The topological polar surface area (TPSA) is 111 Å². The molecular formula is C20H17N5O4S2. The van der Waals surface area contributed by atoms with Gasteiger partial charge >= 0.3 is 0 Å². The van der Waals surface area contributed by atoms with Gasteiger partial charge in [0.05, 0.1) is 35.4 Å². The Bertz CT molecular complexity index is 1200. The van der Waals surface area contributed by atoms with E-state index in [0.717, 1.165) is 10.7 Å². The summed E-state index contributed by atoms with van der Waals surface area (Å²) in [6.07, 6.45) is 4.14. The van der Waals surface area contributed by atoms with E-state index in [9.17, 15) is 4.79 Å². The Labute approximate surface area is 185 Å². The van der Waals surface area contributed by atoms with Crippen LogP contribution in [0.15, 0.2) is 65.7 Å². The Hall–Kier alpha value is -3.18. The summed E-state index contributed by atoms with van der Waals surface area (Å²) in [7, 11) is 0. The molecule has 0 aliphatic carbocycles. The molecule has 0 fully saturated rings. The summed E-state index contributed by atoms with van der Waals surface area (Å²) < 4.78 is 16.6. The molecule has 0 bridgehead atoms. The predicted molar refractivity (Wildman–Crippen MR) is 113 cm³/mol. The molecule has 5 heterocycles. The molecular weight excluding hydrogens is 438 g/mol. The first-order chi connectivity index (χ1) is 15.2. The average Bonchev–Trinajstić information content (AvgIpc) is 3.58. The fraction of sp³-hybridized carbons (Fsp3) is 0.250. The van der Waals surface area contributed by atoms with Gasteiger partial charge in [0.2, 0.25) is 5.89 Å². The number of carbonyl (C=O) groups excluding carboxylic acids is 1. The van der Waals surface area contributed by atoms with Gasteiger partial charge in [-0.2, -0.15) is 5.10 Å². The van der Waals surface area contributed by atoms with Crippen LogP contribution in [-0.2, 0) is 11.2 Å². The van der Waals surface area contributed by atoms with Gasteiger partial charge in [-0.25, -0.2) is 9.99 Å². The SMILES string of the molecule is Cc1nc(Cc2nnc(SCC(=O)N3N=C(c4ccco4)CC3c3ccco3)o2)cs1. The molecule has 5 rings (SSSR count). The van der Waals surface area contributed by atoms with Crippen molar-refractivity contribution < 1.29 is 18.0 Å². The van der Waals surface area contributed by atoms with Crippen molar-refractivity contribution >= 4 is 34.7 Å². The number of amides is 1. The van der Waals surface area contributed by atoms with Crippen LogP contribution in [0.1, 0.15) is 40.6 Å². The largest absolute Gasteiger partial charge is 0.467 e. The van der Waals surface area contributed by atoms with Gasteiger partial charge in [-0.15, -0.1) is 21.5 Å². The van der Waals surface area contributed by atoms with Gasteiger partial charge in [0, 0.05) is 11.8 Å². The maximum absolute atomic E-state index is 13.0. The summed E-state index contributed by atoms with van der Waals surface area (Å²) in [6, 6.07) is 6.92. The number of hydrazone groups is 1. The Kier molecular flexibility index (Phi) is 5.43. The van der Waals surface area contributed by atoms with E-state index in [0.29, 0.717) is 41.2 Å². The van der Waals surface area contributed by atoms with E-state index in [2.05, 4.69) is 20.3 Å². The third kappa shape index (κ3) is 4.32. The van der Waals surface area contributed by atoms with Crippen molar-refractivity contribution in [1.29, 1.82) is 0 Å². The zero-order valence-corrected chi connectivity index (χ0v) is 18.1. The number of aryl methyl sites for hydroxylation is 1. The second-order valence-electron chi connectivity index (χ2n) is 6.78. The highest BCUT2D eigenvalue weighted by Gasteiger charge is 2.35. The summed E-state index contributed by atoms with van der Waals surface area (Å²) in [5, 5.41) is 17.3. The lowest BCUT2D eigenvalue weighted by Gasteiger charge is -2.19. The van der Waals surface area contributed by atoms with Crippen LogP contribution in [0.25, 0.3) is 0 Å². The zero-order valence-electron chi connectivity index (χ0n) is 16.4. The van der Waals surface area contributed by atoms with E-state index in [-0.39, 0.29) is 17.7 Å². The number of nitrogens with zero attached hydrogens (tertiary/aromatic N) is 5. The van der Waals surface area contributed by atoms with Crippen molar-refractivity contribution in [3.8, 4) is 0 Å². The average molecular weight is 456 g/mol. The second-order valence-corrected chi connectivity index (χ2v) is 8.77. The number of hydrogen-bond donors (Lipinski definition) is 0. The number of carbonyl (C=O) groups is 1. The molecule has 0 aromatic carbocycles. The fourth-order valence-electron chi connectivity index (χ4n) is 3.24. The van der Waals surface area contributed by atoms with Crippen LogP contribution in [0, 0.1) is 6.92 Å². The van der Waals surface area contributed by atoms with E-state index < -0.39 is 0 Å². The minimum atomic E-state index is -0.325. The summed E-state index contributed by atoms with van der Waals surface area (Å²) in [4.78, 5) is 17.4. The van der Waals surface area contributed by atoms with Gasteiger partial charge in [0.15, 0.2) is 0 Å². The van der Waals surface area contributed by atoms with Crippen LogP contribution < -0.4 is 0 Å². The lowest BCUT2D eigenvalue weighted by Crippen LogP contribution is -2.28. The first-order valence-corrected chi connectivity index (χ1v) is 11.4. The molecule has 4 aromatic rings. The molecule has 158 valence electrons. The summed E-state index contributed by atoms with van der Waals surface area (Å²) in [6.45, 7) is 1.95. The highest BCUT2D eigenvalue weighted by Crippen LogP contribution is 2.34. The van der Waals surface area contributed by atoms with Gasteiger partial charge in [0.25, 0.3) is 11.1 Å². The molecule has 0 spiro atoms. The van der Waals surface area contributed by atoms with E-state index in [4.69, 9.17) is 13.3 Å². The highest BCUT2D eigenvalue weighted by molar-refractivity contribution is 7.99. The van der Waals surface area contributed by atoms with Crippen LogP contribution in [0.3, 0.4) is 0 Å². The van der Waals surface area contributed by atoms with Crippen LogP contribution in [0.5, 0.6) is 0 Å². The van der Waals surface area contributed by atoms with Crippen molar-refractivity contribution in [2.45, 2.75) is 31.0 Å². The van der Waals surface area contributed by atoms with Crippen LogP contribution in [0.2, 0.25) is 0 Å². The summed E-state index contributed by atoms with van der Waals surface area (Å²) in [5.74, 6) is 1.68. The molecule has 0 saturated carbocycles. The number of thiazole rings is 1. The molecule has 0 radical (unpaired) electrons. The van der Waals surface area contributed by atoms with Crippen LogP contribution >= 0.6 is 23.1 Å². The molecule has 31 heavy (non-hydrogen) atoms. The number of thioether (sulfide) groups is 1. The van der Waals surface area contributed by atoms with Gasteiger partial charge in [-0.1, -0.05) is 11.8 Å². The smallest absolute Gasteiger partial charge is 0.277 e. The quantitative estimate of drug-likeness (QED) is 0.383. The minimum Gasteiger partial charge on any atom is -0.467 e. The summed E-state index contributed by atoms with van der Waals surface area (Å²) >= 11 is 2.75. The first kappa shape index (κ1) is 19.8. The van der Waals surface area contributed by atoms with Gasteiger partial charge in [-0.3, -0.25) is 4.79 Å². The monoisotopic (exact) mass is 455 g/mol. The molecule has 4 aromatic heterocycles. The number of furan rings is 2. The molecule has 1 aliphatic rings. The molecule has 0 saturated heterocycles. The molecule has 9 nitrogen and oxygen atoms in total. The van der Waals surface area contributed by atoms with Crippen molar-refractivity contribution in [3.05, 3.63) is 70.3 Å².